The van der Waals surface area contributed by atoms with E-state index in [1.165, 1.54) is 5.69 Å². The number of hydrogen-bond donors (Lipinski definition) is 0. The van der Waals surface area contributed by atoms with Gasteiger partial charge in [0.15, 0.2) is 0 Å². The molecule has 1 saturated heterocycles. The minimum absolute atomic E-state index is 0.0329. The average molecular weight is 320 g/mol. The molecule has 2 aliphatic rings. The summed E-state index contributed by atoms with van der Waals surface area (Å²) in [6.45, 7) is 10.2. The summed E-state index contributed by atoms with van der Waals surface area (Å²) in [7, 11) is 2.13. The molecule has 1 amide bonds. The molecule has 2 aliphatic heterocycles. The number of ether oxygens (including phenoxy) is 1. The van der Waals surface area contributed by atoms with Gasteiger partial charge in [-0.25, -0.2) is 4.98 Å². The first-order valence-corrected chi connectivity index (χ1v) is 8.61. The van der Waals surface area contributed by atoms with E-state index in [4.69, 9.17) is 4.74 Å². The van der Waals surface area contributed by atoms with Gasteiger partial charge in [-0.3, -0.25) is 9.69 Å². The van der Waals surface area contributed by atoms with Crippen molar-refractivity contribution in [2.24, 2.45) is 5.92 Å². The normalized spacial score (nSPS) is 24.5. The summed E-state index contributed by atoms with van der Waals surface area (Å²) in [5.74, 6) is 1.27. The summed E-state index contributed by atoms with van der Waals surface area (Å²) in [6, 6.07) is 0.539. The quantitative estimate of drug-likeness (QED) is 0.847. The van der Waals surface area contributed by atoms with Gasteiger partial charge in [-0.1, -0.05) is 0 Å². The molecule has 2 unspecified atom stereocenters. The summed E-state index contributed by atoms with van der Waals surface area (Å²) in [4.78, 5) is 21.6. The molecule has 6 nitrogen and oxygen atoms in total. The molecule has 3 rings (SSSR count). The number of nitrogens with zero attached hydrogens (tertiary/aromatic N) is 4. The minimum Gasteiger partial charge on any atom is -0.381 e. The van der Waals surface area contributed by atoms with Crippen molar-refractivity contribution in [2.75, 3.05) is 26.8 Å². The molecule has 1 aromatic heterocycles. The fraction of sp³-hybridized carbons (Fsp3) is 0.765. The molecule has 0 saturated carbocycles. The third-order valence-electron chi connectivity index (χ3n) is 5.23. The fourth-order valence-corrected chi connectivity index (χ4v) is 3.39. The lowest BCUT2D eigenvalue weighted by Crippen LogP contribution is -2.44. The lowest BCUT2D eigenvalue weighted by molar-refractivity contribution is -0.138. The molecule has 0 radical (unpaired) electrons. The molecule has 23 heavy (non-hydrogen) atoms. The van der Waals surface area contributed by atoms with Crippen LogP contribution in [0.2, 0.25) is 0 Å². The Bertz CT molecular complexity index is 563. The van der Waals surface area contributed by atoms with Crippen molar-refractivity contribution in [1.82, 2.24) is 19.4 Å². The SMILES string of the molecule is CC(C)N(C)Cc1cnc2n1CCN(C(=O)C1CCOC1)C2C. The van der Waals surface area contributed by atoms with Crippen LogP contribution in [0.15, 0.2) is 6.20 Å². The van der Waals surface area contributed by atoms with Crippen LogP contribution < -0.4 is 0 Å². The summed E-state index contributed by atoms with van der Waals surface area (Å²) >= 11 is 0. The maximum atomic E-state index is 12.7. The maximum Gasteiger partial charge on any atom is 0.228 e. The Labute approximate surface area is 138 Å². The van der Waals surface area contributed by atoms with Crippen LogP contribution in [0.4, 0.5) is 0 Å². The van der Waals surface area contributed by atoms with Gasteiger partial charge < -0.3 is 14.2 Å². The van der Waals surface area contributed by atoms with Crippen molar-refractivity contribution in [3.63, 3.8) is 0 Å². The first-order chi connectivity index (χ1) is 11.0. The van der Waals surface area contributed by atoms with Crippen LogP contribution >= 0.6 is 0 Å². The number of aromatic nitrogens is 2. The molecule has 128 valence electrons. The fourth-order valence-electron chi connectivity index (χ4n) is 3.39. The van der Waals surface area contributed by atoms with E-state index in [-0.39, 0.29) is 17.9 Å². The van der Waals surface area contributed by atoms with Crippen molar-refractivity contribution in [3.8, 4) is 0 Å². The minimum atomic E-state index is 0.0329. The Morgan fingerprint density at radius 1 is 1.48 bits per heavy atom. The van der Waals surface area contributed by atoms with Gasteiger partial charge in [0.25, 0.3) is 0 Å². The summed E-state index contributed by atoms with van der Waals surface area (Å²) in [5.41, 5.74) is 1.24. The highest BCUT2D eigenvalue weighted by molar-refractivity contribution is 5.79. The van der Waals surface area contributed by atoms with E-state index in [2.05, 4.69) is 42.3 Å². The van der Waals surface area contributed by atoms with Gasteiger partial charge in [-0.05, 0) is 34.2 Å². The second-order valence-corrected chi connectivity index (χ2v) is 7.04. The van der Waals surface area contributed by atoms with Gasteiger partial charge in [-0.2, -0.15) is 0 Å². The predicted octanol–water partition coefficient (Wildman–Crippen LogP) is 1.66. The van der Waals surface area contributed by atoms with Gasteiger partial charge in [0.2, 0.25) is 5.91 Å². The molecular formula is C17H28N4O2. The maximum absolute atomic E-state index is 12.7. The first kappa shape index (κ1) is 16.5. The Morgan fingerprint density at radius 2 is 2.26 bits per heavy atom. The largest absolute Gasteiger partial charge is 0.381 e. The summed E-state index contributed by atoms with van der Waals surface area (Å²) in [5, 5.41) is 0. The van der Waals surface area contributed by atoms with Crippen molar-refractivity contribution in [1.29, 1.82) is 0 Å². The Hall–Kier alpha value is -1.40. The topological polar surface area (TPSA) is 50.6 Å². The van der Waals surface area contributed by atoms with Gasteiger partial charge in [0.05, 0.1) is 24.3 Å². The molecule has 0 bridgehead atoms. The van der Waals surface area contributed by atoms with Crippen molar-refractivity contribution < 1.29 is 9.53 Å². The lowest BCUT2D eigenvalue weighted by Gasteiger charge is -2.36. The van der Waals surface area contributed by atoms with Crippen LogP contribution in [0.5, 0.6) is 0 Å². The third kappa shape index (κ3) is 3.15. The van der Waals surface area contributed by atoms with Crippen LogP contribution in [0, 0.1) is 5.92 Å². The van der Waals surface area contributed by atoms with E-state index in [1.807, 2.05) is 11.1 Å². The molecule has 0 spiro atoms. The molecule has 2 atom stereocenters. The van der Waals surface area contributed by atoms with Gasteiger partial charge in [-0.15, -0.1) is 0 Å². The van der Waals surface area contributed by atoms with Crippen molar-refractivity contribution in [2.45, 2.75) is 52.4 Å². The molecule has 6 heteroatoms. The van der Waals surface area contributed by atoms with E-state index in [0.29, 0.717) is 19.3 Å². The standard InChI is InChI=1S/C17H28N4O2/c1-12(2)19(4)10-15-9-18-16-13(3)20(6-7-21(15)16)17(22)14-5-8-23-11-14/h9,12-14H,5-8,10-11H2,1-4H3. The summed E-state index contributed by atoms with van der Waals surface area (Å²) < 4.78 is 7.66. The van der Waals surface area contributed by atoms with Crippen molar-refractivity contribution in [3.05, 3.63) is 17.7 Å². The molecule has 3 heterocycles. The number of rotatable bonds is 4. The average Bonchev–Trinajstić information content (AvgIpc) is 3.17. The number of carbonyl (C=O) groups excluding carboxylic acids is 1. The van der Waals surface area contributed by atoms with Gasteiger partial charge >= 0.3 is 0 Å². The highest BCUT2D eigenvalue weighted by atomic mass is 16.5. The van der Waals surface area contributed by atoms with Crippen LogP contribution in [-0.4, -0.2) is 58.1 Å². The van der Waals surface area contributed by atoms with E-state index in [0.717, 1.165) is 31.9 Å². The summed E-state index contributed by atoms with van der Waals surface area (Å²) in [6.07, 6.45) is 2.82. The lowest BCUT2D eigenvalue weighted by atomic mass is 10.1. The molecular weight excluding hydrogens is 292 g/mol. The number of fused-ring (bicyclic) bond motifs is 1. The van der Waals surface area contributed by atoms with Crippen LogP contribution in [0.25, 0.3) is 0 Å². The van der Waals surface area contributed by atoms with Crippen molar-refractivity contribution >= 4 is 5.91 Å². The zero-order valence-electron chi connectivity index (χ0n) is 14.7. The number of hydrogen-bond acceptors (Lipinski definition) is 4. The Kier molecular flexibility index (Phi) is 4.73. The molecule has 0 N–H and O–H groups in total. The zero-order valence-corrected chi connectivity index (χ0v) is 14.7. The van der Waals surface area contributed by atoms with Crippen LogP contribution in [-0.2, 0) is 22.6 Å². The Morgan fingerprint density at radius 3 is 2.91 bits per heavy atom. The van der Waals surface area contributed by atoms with E-state index >= 15 is 0 Å². The van der Waals surface area contributed by atoms with Gasteiger partial charge in [0, 0.05) is 38.5 Å². The molecule has 1 fully saturated rings. The monoisotopic (exact) mass is 320 g/mol. The Balaban J connectivity index is 1.74. The van der Waals surface area contributed by atoms with Gasteiger partial charge in [0.1, 0.15) is 5.82 Å². The number of imidazole rings is 1. The smallest absolute Gasteiger partial charge is 0.228 e. The molecule has 1 aromatic rings. The predicted molar refractivity (Wildman–Crippen MR) is 87.9 cm³/mol. The zero-order chi connectivity index (χ0) is 16.6. The number of amides is 1. The third-order valence-corrected chi connectivity index (χ3v) is 5.23. The van der Waals surface area contributed by atoms with Crippen LogP contribution in [0.3, 0.4) is 0 Å². The highest BCUT2D eigenvalue weighted by Crippen LogP contribution is 2.28. The second-order valence-electron chi connectivity index (χ2n) is 7.04. The van der Waals surface area contributed by atoms with E-state index in [1.54, 1.807) is 0 Å². The van der Waals surface area contributed by atoms with E-state index in [9.17, 15) is 4.79 Å². The first-order valence-electron chi connectivity index (χ1n) is 8.61. The second kappa shape index (κ2) is 6.61. The number of carbonyl (C=O) groups is 1. The molecule has 0 aliphatic carbocycles. The molecule has 0 aromatic carbocycles. The van der Waals surface area contributed by atoms with Crippen LogP contribution in [0.1, 0.15) is 44.8 Å². The highest BCUT2D eigenvalue weighted by Gasteiger charge is 2.35. The van der Waals surface area contributed by atoms with E-state index < -0.39 is 0 Å².